The van der Waals surface area contributed by atoms with Crippen molar-refractivity contribution in [3.05, 3.63) is 23.8 Å². The SMILES string of the molecule is CC(C)C(O)CNc1cc(N)ccc1C(=O)N(C)C. The summed E-state index contributed by atoms with van der Waals surface area (Å²) in [4.78, 5) is 13.5. The molecule has 0 radical (unpaired) electrons. The van der Waals surface area contributed by atoms with Gasteiger partial charge >= 0.3 is 0 Å². The van der Waals surface area contributed by atoms with Crippen molar-refractivity contribution in [3.8, 4) is 0 Å². The number of rotatable bonds is 5. The van der Waals surface area contributed by atoms with Gasteiger partial charge in [0.15, 0.2) is 0 Å². The summed E-state index contributed by atoms with van der Waals surface area (Å²) in [7, 11) is 3.40. The number of benzene rings is 1. The highest BCUT2D eigenvalue weighted by atomic mass is 16.3. The molecule has 1 unspecified atom stereocenters. The van der Waals surface area contributed by atoms with Gasteiger partial charge in [-0.25, -0.2) is 0 Å². The minimum Gasteiger partial charge on any atom is -0.399 e. The minimum absolute atomic E-state index is 0.0958. The van der Waals surface area contributed by atoms with Gasteiger partial charge in [0.05, 0.1) is 11.7 Å². The van der Waals surface area contributed by atoms with Crippen molar-refractivity contribution >= 4 is 17.3 Å². The fourth-order valence-corrected chi connectivity index (χ4v) is 1.59. The van der Waals surface area contributed by atoms with Gasteiger partial charge in [0, 0.05) is 32.0 Å². The first-order valence-electron chi connectivity index (χ1n) is 6.36. The third-order valence-electron chi connectivity index (χ3n) is 2.95. The Bertz CT molecular complexity index is 444. The number of nitrogens with one attached hydrogen (secondary N) is 1. The molecule has 106 valence electrons. The van der Waals surface area contributed by atoms with Gasteiger partial charge in [-0.3, -0.25) is 4.79 Å². The van der Waals surface area contributed by atoms with Gasteiger partial charge in [-0.15, -0.1) is 0 Å². The number of carbonyl (C=O) groups is 1. The largest absolute Gasteiger partial charge is 0.399 e. The van der Waals surface area contributed by atoms with Crippen molar-refractivity contribution in [2.24, 2.45) is 5.92 Å². The van der Waals surface area contributed by atoms with Gasteiger partial charge in [-0.1, -0.05) is 13.8 Å². The highest BCUT2D eigenvalue weighted by Gasteiger charge is 2.15. The summed E-state index contributed by atoms with van der Waals surface area (Å²) >= 11 is 0. The van der Waals surface area contributed by atoms with Gasteiger partial charge in [0.2, 0.25) is 0 Å². The molecule has 0 bridgehead atoms. The Labute approximate surface area is 114 Å². The third kappa shape index (κ3) is 4.13. The lowest BCUT2D eigenvalue weighted by atomic mass is 10.1. The average molecular weight is 265 g/mol. The zero-order chi connectivity index (χ0) is 14.6. The molecule has 0 saturated carbocycles. The van der Waals surface area contributed by atoms with Crippen LogP contribution in [0.4, 0.5) is 11.4 Å². The molecule has 1 rings (SSSR count). The first-order chi connectivity index (χ1) is 8.82. The average Bonchev–Trinajstić information content (AvgIpc) is 2.34. The summed E-state index contributed by atoms with van der Waals surface area (Å²) in [6, 6.07) is 5.10. The number of amides is 1. The van der Waals surface area contributed by atoms with Crippen LogP contribution in [0.3, 0.4) is 0 Å². The number of nitrogen functional groups attached to an aromatic ring is 1. The summed E-state index contributed by atoms with van der Waals surface area (Å²) in [5.41, 5.74) is 7.53. The molecule has 0 heterocycles. The topological polar surface area (TPSA) is 78.6 Å². The highest BCUT2D eigenvalue weighted by molar-refractivity contribution is 6.00. The molecule has 5 nitrogen and oxygen atoms in total. The van der Waals surface area contributed by atoms with Crippen molar-refractivity contribution in [1.82, 2.24) is 4.90 Å². The van der Waals surface area contributed by atoms with E-state index in [1.165, 1.54) is 4.90 Å². The van der Waals surface area contributed by atoms with Crippen LogP contribution in [-0.4, -0.2) is 42.7 Å². The van der Waals surface area contributed by atoms with Crippen molar-refractivity contribution < 1.29 is 9.90 Å². The van der Waals surface area contributed by atoms with Crippen molar-refractivity contribution in [3.63, 3.8) is 0 Å². The predicted molar refractivity (Wildman–Crippen MR) is 78.2 cm³/mol. The van der Waals surface area contributed by atoms with Gasteiger partial charge < -0.3 is 21.1 Å². The number of aliphatic hydroxyl groups is 1. The standard InChI is InChI=1S/C14H23N3O2/c1-9(2)13(18)8-16-12-7-10(15)5-6-11(12)14(19)17(3)4/h5-7,9,13,16,18H,8,15H2,1-4H3. The lowest BCUT2D eigenvalue weighted by molar-refractivity contribution is 0.0828. The van der Waals surface area contributed by atoms with E-state index in [4.69, 9.17) is 5.73 Å². The van der Waals surface area contributed by atoms with Gasteiger partial charge in [0.1, 0.15) is 0 Å². The highest BCUT2D eigenvalue weighted by Crippen LogP contribution is 2.21. The van der Waals surface area contributed by atoms with Gasteiger partial charge in [0.25, 0.3) is 5.91 Å². The number of aliphatic hydroxyl groups excluding tert-OH is 1. The Balaban J connectivity index is 2.92. The smallest absolute Gasteiger partial charge is 0.255 e. The van der Waals surface area contributed by atoms with E-state index in [0.29, 0.717) is 23.5 Å². The van der Waals surface area contributed by atoms with Gasteiger partial charge in [-0.2, -0.15) is 0 Å². The Morgan fingerprint density at radius 3 is 2.58 bits per heavy atom. The molecule has 1 atom stereocenters. The molecule has 0 fully saturated rings. The lowest BCUT2D eigenvalue weighted by Crippen LogP contribution is -2.27. The molecule has 1 aromatic rings. The molecule has 4 N–H and O–H groups in total. The van der Waals surface area contributed by atoms with E-state index in [-0.39, 0.29) is 11.8 Å². The zero-order valence-corrected chi connectivity index (χ0v) is 12.0. The van der Waals surface area contributed by atoms with E-state index in [2.05, 4.69) is 5.32 Å². The summed E-state index contributed by atoms with van der Waals surface area (Å²) in [6.07, 6.45) is -0.469. The van der Waals surface area contributed by atoms with E-state index in [9.17, 15) is 9.90 Å². The second-order valence-corrected chi connectivity index (χ2v) is 5.20. The Morgan fingerprint density at radius 2 is 2.05 bits per heavy atom. The maximum Gasteiger partial charge on any atom is 0.255 e. The summed E-state index contributed by atoms with van der Waals surface area (Å²) in [6.45, 7) is 4.27. The van der Waals surface area contributed by atoms with Crippen LogP contribution in [0.2, 0.25) is 0 Å². The van der Waals surface area contributed by atoms with E-state index in [1.54, 1.807) is 32.3 Å². The van der Waals surface area contributed by atoms with Crippen LogP contribution in [0.1, 0.15) is 24.2 Å². The van der Waals surface area contributed by atoms with Crippen LogP contribution in [0, 0.1) is 5.92 Å². The molecule has 0 aliphatic heterocycles. The first-order valence-corrected chi connectivity index (χ1v) is 6.36. The quantitative estimate of drug-likeness (QED) is 0.703. The molecule has 1 aromatic carbocycles. The van der Waals surface area contributed by atoms with Crippen molar-refractivity contribution in [2.45, 2.75) is 20.0 Å². The molecule has 0 aliphatic carbocycles. The van der Waals surface area contributed by atoms with Crippen LogP contribution >= 0.6 is 0 Å². The summed E-state index contributed by atoms with van der Waals surface area (Å²) < 4.78 is 0. The normalized spacial score (nSPS) is 12.3. The molecule has 5 heteroatoms. The van der Waals surface area contributed by atoms with Gasteiger partial charge in [-0.05, 0) is 24.1 Å². The molecular formula is C14H23N3O2. The second kappa shape index (κ2) is 6.43. The maximum atomic E-state index is 12.0. The molecule has 0 saturated heterocycles. The molecule has 19 heavy (non-hydrogen) atoms. The lowest BCUT2D eigenvalue weighted by Gasteiger charge is -2.19. The number of hydrogen-bond donors (Lipinski definition) is 3. The van der Waals surface area contributed by atoms with Crippen LogP contribution in [0.25, 0.3) is 0 Å². The summed E-state index contributed by atoms with van der Waals surface area (Å²) in [5.74, 6) is 0.0584. The molecule has 1 amide bonds. The fourth-order valence-electron chi connectivity index (χ4n) is 1.59. The Morgan fingerprint density at radius 1 is 1.42 bits per heavy atom. The molecule has 0 spiro atoms. The number of nitrogens with two attached hydrogens (primary N) is 1. The van der Waals surface area contributed by atoms with Crippen LogP contribution < -0.4 is 11.1 Å². The number of hydrogen-bond acceptors (Lipinski definition) is 4. The monoisotopic (exact) mass is 265 g/mol. The number of nitrogens with zero attached hydrogens (tertiary/aromatic N) is 1. The zero-order valence-electron chi connectivity index (χ0n) is 12.0. The molecular weight excluding hydrogens is 242 g/mol. The van der Waals surface area contributed by atoms with E-state index >= 15 is 0 Å². The van der Waals surface area contributed by atoms with E-state index in [0.717, 1.165) is 0 Å². The minimum atomic E-state index is -0.469. The molecule has 0 aromatic heterocycles. The maximum absolute atomic E-state index is 12.0. The molecule has 0 aliphatic rings. The Hall–Kier alpha value is -1.75. The van der Waals surface area contributed by atoms with Crippen molar-refractivity contribution in [2.75, 3.05) is 31.7 Å². The Kier molecular flexibility index (Phi) is 5.18. The van der Waals surface area contributed by atoms with Crippen LogP contribution in [0.5, 0.6) is 0 Å². The van der Waals surface area contributed by atoms with Crippen LogP contribution in [0.15, 0.2) is 18.2 Å². The number of anilines is 2. The first kappa shape index (κ1) is 15.3. The number of carbonyl (C=O) groups excluding carboxylic acids is 1. The third-order valence-corrected chi connectivity index (χ3v) is 2.95. The fraction of sp³-hybridized carbons (Fsp3) is 0.500. The second-order valence-electron chi connectivity index (χ2n) is 5.20. The summed E-state index contributed by atoms with van der Waals surface area (Å²) in [5, 5.41) is 12.9. The van der Waals surface area contributed by atoms with Crippen LogP contribution in [-0.2, 0) is 0 Å². The van der Waals surface area contributed by atoms with E-state index in [1.807, 2.05) is 13.8 Å². The van der Waals surface area contributed by atoms with Crippen molar-refractivity contribution in [1.29, 1.82) is 0 Å². The van der Waals surface area contributed by atoms with E-state index < -0.39 is 6.10 Å². The predicted octanol–water partition coefficient (Wildman–Crippen LogP) is 1.40.